The smallest absolute Gasteiger partial charge is 0.306 e. The Labute approximate surface area is 333 Å². The van der Waals surface area contributed by atoms with Crippen LogP contribution in [0.1, 0.15) is 70.6 Å². The van der Waals surface area contributed by atoms with E-state index in [0.29, 0.717) is 111 Å². The van der Waals surface area contributed by atoms with E-state index in [4.69, 9.17) is 38.4 Å². The maximum absolute atomic E-state index is 11.4. The van der Waals surface area contributed by atoms with Crippen molar-refractivity contribution in [1.82, 2.24) is 9.97 Å². The number of ether oxygens (including phenoxy) is 6. The summed E-state index contributed by atoms with van der Waals surface area (Å²) in [6.07, 6.45) is 9.07. The monoisotopic (exact) mass is 782 g/mol. The van der Waals surface area contributed by atoms with Crippen molar-refractivity contribution in [3.8, 4) is 39.8 Å². The van der Waals surface area contributed by atoms with Gasteiger partial charge in [0, 0.05) is 23.8 Å². The summed E-state index contributed by atoms with van der Waals surface area (Å²) < 4.78 is 35.7. The first kappa shape index (κ1) is 40.4. The van der Waals surface area contributed by atoms with Crippen molar-refractivity contribution in [2.75, 3.05) is 46.2 Å². The highest BCUT2D eigenvalue weighted by Crippen LogP contribution is 2.36. The summed E-state index contributed by atoms with van der Waals surface area (Å²) in [5.41, 5.74) is 4.46. The predicted octanol–water partition coefficient (Wildman–Crippen LogP) is 8.44. The third kappa shape index (κ3) is 11.4. The van der Waals surface area contributed by atoms with E-state index in [1.807, 2.05) is 66.7 Å². The second-order valence-corrected chi connectivity index (χ2v) is 15.5. The highest BCUT2D eigenvalue weighted by molar-refractivity contribution is 5.87. The molecule has 2 saturated carbocycles. The molecule has 7 rings (SSSR count). The molecule has 4 aromatic rings. The lowest BCUT2D eigenvalue weighted by molar-refractivity contribution is -0.169. The van der Waals surface area contributed by atoms with Gasteiger partial charge in [-0.25, -0.2) is 9.97 Å². The number of carboxylic acid groups (broad SMARTS) is 2. The van der Waals surface area contributed by atoms with Crippen LogP contribution < -0.4 is 14.2 Å². The lowest BCUT2D eigenvalue weighted by Crippen LogP contribution is -2.24. The molecule has 1 aromatic heterocycles. The molecular formula is C45H54N2O10. The van der Waals surface area contributed by atoms with Gasteiger partial charge in [-0.1, -0.05) is 24.3 Å². The summed E-state index contributed by atoms with van der Waals surface area (Å²) in [6, 6.07) is 21.4. The molecule has 0 spiro atoms. The molecule has 2 N–H and O–H groups in total. The molecular weight excluding hydrogens is 728 g/mol. The number of hydrogen-bond donors (Lipinski definition) is 2. The van der Waals surface area contributed by atoms with Gasteiger partial charge >= 0.3 is 11.9 Å². The molecule has 3 aliphatic rings. The molecule has 304 valence electrons. The lowest BCUT2D eigenvalue weighted by Gasteiger charge is -2.26. The number of carbonyl (C=O) groups is 2. The number of rotatable bonds is 18. The van der Waals surface area contributed by atoms with E-state index in [2.05, 4.69) is 0 Å². The second-order valence-electron chi connectivity index (χ2n) is 15.5. The van der Waals surface area contributed by atoms with E-state index in [9.17, 15) is 19.8 Å². The van der Waals surface area contributed by atoms with Crippen molar-refractivity contribution in [1.29, 1.82) is 0 Å². The van der Waals surface area contributed by atoms with Gasteiger partial charge < -0.3 is 38.6 Å². The average molecular weight is 783 g/mol. The highest BCUT2D eigenvalue weighted by atomic mass is 16.7. The first-order valence-electron chi connectivity index (χ1n) is 20.6. The largest absolute Gasteiger partial charge is 0.493 e. The molecule has 3 aromatic carbocycles. The molecule has 12 nitrogen and oxygen atoms in total. The standard InChI is InChI=1S/C45H54N2O10/c48-44(49)32-14-10-30(11-15-32)28-56-36-7-3-5-34(25-36)42-43(35-6-4-8-37(26-35)57-29-31-12-16-33(17-13-31)45(50)51)47-40-27-38(18-19-39(40)46-42)53-23-21-52-22-24-55-41-9-1-2-20-54-41/h3-8,18-19,25-27,30-33,41H,1-2,9-17,20-24,28-29H2,(H,48,49)(H,50,51). The molecule has 1 saturated heterocycles. The van der Waals surface area contributed by atoms with E-state index < -0.39 is 11.9 Å². The predicted molar refractivity (Wildman–Crippen MR) is 213 cm³/mol. The van der Waals surface area contributed by atoms with Crippen molar-refractivity contribution in [2.45, 2.75) is 76.9 Å². The normalized spacial score (nSPS) is 22.5. The quantitative estimate of drug-likeness (QED) is 0.0931. The van der Waals surface area contributed by atoms with Crippen LogP contribution in [0, 0.1) is 23.7 Å². The first-order chi connectivity index (χ1) is 27.9. The molecule has 1 atom stereocenters. The summed E-state index contributed by atoms with van der Waals surface area (Å²) >= 11 is 0. The average Bonchev–Trinajstić information content (AvgIpc) is 3.25. The zero-order valence-electron chi connectivity index (χ0n) is 32.5. The fraction of sp³-hybridized carbons (Fsp3) is 0.511. The lowest BCUT2D eigenvalue weighted by atomic mass is 9.82. The molecule has 1 unspecified atom stereocenters. The summed E-state index contributed by atoms with van der Waals surface area (Å²) in [4.78, 5) is 33.2. The summed E-state index contributed by atoms with van der Waals surface area (Å²) in [5.74, 6) is 0.780. The molecule has 2 heterocycles. The molecule has 0 bridgehead atoms. The van der Waals surface area contributed by atoms with Crippen LogP contribution in [0.3, 0.4) is 0 Å². The van der Waals surface area contributed by atoms with E-state index in [0.717, 1.165) is 68.4 Å². The number of benzene rings is 3. The molecule has 57 heavy (non-hydrogen) atoms. The number of fused-ring (bicyclic) bond motifs is 1. The van der Waals surface area contributed by atoms with Gasteiger partial charge in [0.05, 0.1) is 67.3 Å². The summed E-state index contributed by atoms with van der Waals surface area (Å²) in [7, 11) is 0. The highest BCUT2D eigenvalue weighted by Gasteiger charge is 2.27. The van der Waals surface area contributed by atoms with Crippen LogP contribution >= 0.6 is 0 Å². The molecule has 0 amide bonds. The van der Waals surface area contributed by atoms with Gasteiger partial charge in [-0.15, -0.1) is 0 Å². The van der Waals surface area contributed by atoms with E-state index in [-0.39, 0.29) is 18.1 Å². The number of aromatic nitrogens is 2. The number of hydrogen-bond acceptors (Lipinski definition) is 10. The Bertz CT molecular complexity index is 1930. The van der Waals surface area contributed by atoms with Crippen LogP contribution in [0.15, 0.2) is 66.7 Å². The number of carboxylic acids is 2. The first-order valence-corrected chi connectivity index (χ1v) is 20.6. The van der Waals surface area contributed by atoms with Crippen molar-refractivity contribution in [3.63, 3.8) is 0 Å². The minimum Gasteiger partial charge on any atom is -0.493 e. The van der Waals surface area contributed by atoms with E-state index >= 15 is 0 Å². The maximum Gasteiger partial charge on any atom is 0.306 e. The third-order valence-corrected chi connectivity index (χ3v) is 11.4. The van der Waals surface area contributed by atoms with E-state index in [1.165, 1.54) is 0 Å². The van der Waals surface area contributed by atoms with Crippen LogP contribution in [-0.4, -0.2) is 84.7 Å². The summed E-state index contributed by atoms with van der Waals surface area (Å²) in [6.45, 7) is 3.53. The Morgan fingerprint density at radius 3 is 1.72 bits per heavy atom. The Hall–Kier alpha value is -4.78. The van der Waals surface area contributed by atoms with Gasteiger partial charge in [-0.3, -0.25) is 9.59 Å². The van der Waals surface area contributed by atoms with Gasteiger partial charge in [-0.2, -0.15) is 0 Å². The Kier molecular flexibility index (Phi) is 14.2. The number of aliphatic carboxylic acids is 2. The molecule has 1 aliphatic heterocycles. The Morgan fingerprint density at radius 2 is 1.16 bits per heavy atom. The van der Waals surface area contributed by atoms with Crippen LogP contribution in [0.25, 0.3) is 33.5 Å². The van der Waals surface area contributed by atoms with Gasteiger partial charge in [0.1, 0.15) is 23.9 Å². The van der Waals surface area contributed by atoms with Crippen LogP contribution in [0.5, 0.6) is 17.2 Å². The second kappa shape index (κ2) is 20.1. The maximum atomic E-state index is 11.4. The molecule has 12 heteroatoms. The van der Waals surface area contributed by atoms with Crippen molar-refractivity contribution in [2.24, 2.45) is 23.7 Å². The minimum atomic E-state index is -0.707. The zero-order valence-corrected chi connectivity index (χ0v) is 32.5. The van der Waals surface area contributed by atoms with Gasteiger partial charge in [0.15, 0.2) is 6.29 Å². The van der Waals surface area contributed by atoms with Gasteiger partial charge in [-0.05, 0) is 119 Å². The third-order valence-electron chi connectivity index (χ3n) is 11.4. The fourth-order valence-electron chi connectivity index (χ4n) is 7.97. The zero-order chi connectivity index (χ0) is 39.4. The van der Waals surface area contributed by atoms with Crippen LogP contribution in [-0.2, 0) is 23.8 Å². The van der Waals surface area contributed by atoms with Crippen molar-refractivity contribution in [3.05, 3.63) is 66.7 Å². The van der Waals surface area contributed by atoms with Gasteiger partial charge in [0.25, 0.3) is 0 Å². The SMILES string of the molecule is O=C(O)C1CCC(COc2cccc(-c3nc4ccc(OCCOCCOC5CCCCO5)cc4nc3-c3cccc(OCC4CCC(C(=O)O)CC4)c3)c2)CC1. The number of nitrogens with zero attached hydrogens (tertiary/aromatic N) is 2. The van der Waals surface area contributed by atoms with E-state index in [1.54, 1.807) is 0 Å². The van der Waals surface area contributed by atoms with Crippen LogP contribution in [0.4, 0.5) is 0 Å². The molecule has 2 aliphatic carbocycles. The van der Waals surface area contributed by atoms with Crippen LogP contribution in [0.2, 0.25) is 0 Å². The minimum absolute atomic E-state index is 0.130. The Morgan fingerprint density at radius 1 is 0.596 bits per heavy atom. The van der Waals surface area contributed by atoms with Gasteiger partial charge in [0.2, 0.25) is 0 Å². The Balaban J connectivity index is 1.06. The fourth-order valence-corrected chi connectivity index (χ4v) is 7.97. The topological polar surface area (TPSA) is 156 Å². The van der Waals surface area contributed by atoms with Crippen molar-refractivity contribution < 1.29 is 48.2 Å². The molecule has 0 radical (unpaired) electrons. The molecule has 3 fully saturated rings. The summed E-state index contributed by atoms with van der Waals surface area (Å²) in [5, 5.41) is 18.8. The van der Waals surface area contributed by atoms with Crippen molar-refractivity contribution >= 4 is 23.0 Å².